The summed E-state index contributed by atoms with van der Waals surface area (Å²) < 4.78 is 0. The minimum atomic E-state index is -0.765. The Hall–Kier alpha value is -0.570. The molecule has 0 heterocycles. The molecule has 11 heavy (non-hydrogen) atoms. The molecule has 0 aromatic rings. The van der Waals surface area contributed by atoms with Gasteiger partial charge in [0, 0.05) is 13.0 Å². The maximum absolute atomic E-state index is 10.3. The van der Waals surface area contributed by atoms with Crippen molar-refractivity contribution in [3.8, 4) is 0 Å². The SMILES string of the molecule is CC1(C)C(CO)C1CC(=O)O. The summed E-state index contributed by atoms with van der Waals surface area (Å²) in [4.78, 5) is 10.3. The van der Waals surface area contributed by atoms with Gasteiger partial charge in [-0.15, -0.1) is 0 Å². The number of hydrogen-bond donors (Lipinski definition) is 2. The fraction of sp³-hybridized carbons (Fsp3) is 0.875. The average Bonchev–Trinajstić information content (AvgIpc) is 2.33. The maximum atomic E-state index is 10.3. The van der Waals surface area contributed by atoms with Crippen LogP contribution in [-0.2, 0) is 4.79 Å². The molecule has 2 unspecified atom stereocenters. The summed E-state index contributed by atoms with van der Waals surface area (Å²) in [5.74, 6) is -0.400. The predicted molar refractivity (Wildman–Crippen MR) is 40.1 cm³/mol. The van der Waals surface area contributed by atoms with Crippen LogP contribution >= 0.6 is 0 Å². The average molecular weight is 158 g/mol. The van der Waals surface area contributed by atoms with Gasteiger partial charge in [0.05, 0.1) is 0 Å². The first kappa shape index (κ1) is 8.53. The second kappa shape index (κ2) is 2.48. The van der Waals surface area contributed by atoms with Gasteiger partial charge in [-0.3, -0.25) is 4.79 Å². The van der Waals surface area contributed by atoms with Crippen LogP contribution in [0.1, 0.15) is 20.3 Å². The lowest BCUT2D eigenvalue weighted by atomic mass is 10.1. The molecule has 0 aromatic carbocycles. The number of aliphatic carboxylic acids is 1. The lowest BCUT2D eigenvalue weighted by Gasteiger charge is -1.98. The molecule has 0 bridgehead atoms. The van der Waals surface area contributed by atoms with E-state index in [2.05, 4.69) is 0 Å². The van der Waals surface area contributed by atoms with Crippen molar-refractivity contribution >= 4 is 5.97 Å². The molecule has 1 aliphatic rings. The van der Waals surface area contributed by atoms with E-state index < -0.39 is 5.97 Å². The largest absolute Gasteiger partial charge is 0.481 e. The molecule has 1 rings (SSSR count). The Morgan fingerprint density at radius 3 is 2.27 bits per heavy atom. The van der Waals surface area contributed by atoms with Crippen molar-refractivity contribution < 1.29 is 15.0 Å². The number of aliphatic hydroxyl groups excluding tert-OH is 1. The van der Waals surface area contributed by atoms with Gasteiger partial charge >= 0.3 is 5.97 Å². The van der Waals surface area contributed by atoms with Gasteiger partial charge in [0.25, 0.3) is 0 Å². The highest BCUT2D eigenvalue weighted by molar-refractivity contribution is 5.67. The highest BCUT2D eigenvalue weighted by Crippen LogP contribution is 2.59. The van der Waals surface area contributed by atoms with Crippen molar-refractivity contribution in [3.63, 3.8) is 0 Å². The molecule has 3 heteroatoms. The summed E-state index contributed by atoms with van der Waals surface area (Å²) in [7, 11) is 0. The lowest BCUT2D eigenvalue weighted by Crippen LogP contribution is -1.99. The fourth-order valence-electron chi connectivity index (χ4n) is 1.81. The van der Waals surface area contributed by atoms with Crippen LogP contribution in [0.4, 0.5) is 0 Å². The standard InChI is InChI=1S/C8H14O3/c1-8(2)5(3-7(10)11)6(8)4-9/h5-6,9H,3-4H2,1-2H3,(H,10,11). The quantitative estimate of drug-likeness (QED) is 0.636. The zero-order valence-electron chi connectivity index (χ0n) is 6.87. The van der Waals surface area contributed by atoms with Gasteiger partial charge in [-0.1, -0.05) is 13.8 Å². The van der Waals surface area contributed by atoms with E-state index in [1.54, 1.807) is 0 Å². The molecule has 0 amide bonds. The number of carboxylic acid groups (broad SMARTS) is 1. The molecule has 3 nitrogen and oxygen atoms in total. The van der Waals surface area contributed by atoms with Crippen LogP contribution in [0.2, 0.25) is 0 Å². The van der Waals surface area contributed by atoms with Gasteiger partial charge in [0.15, 0.2) is 0 Å². The van der Waals surface area contributed by atoms with Gasteiger partial charge < -0.3 is 10.2 Å². The molecule has 1 saturated carbocycles. The Balaban J connectivity index is 2.46. The second-order valence-electron chi connectivity index (χ2n) is 3.81. The van der Waals surface area contributed by atoms with E-state index in [-0.39, 0.29) is 30.3 Å². The molecule has 1 aliphatic carbocycles. The van der Waals surface area contributed by atoms with Crippen LogP contribution in [-0.4, -0.2) is 22.8 Å². The van der Waals surface area contributed by atoms with E-state index in [9.17, 15) is 4.79 Å². The molecule has 1 fully saturated rings. The minimum absolute atomic E-state index is 0.0349. The van der Waals surface area contributed by atoms with E-state index in [4.69, 9.17) is 10.2 Å². The zero-order chi connectivity index (χ0) is 8.65. The van der Waals surface area contributed by atoms with Crippen LogP contribution < -0.4 is 0 Å². The van der Waals surface area contributed by atoms with Crippen LogP contribution in [0.15, 0.2) is 0 Å². The number of hydrogen-bond acceptors (Lipinski definition) is 2. The normalized spacial score (nSPS) is 33.4. The second-order valence-corrected chi connectivity index (χ2v) is 3.81. The van der Waals surface area contributed by atoms with Crippen molar-refractivity contribution in [1.29, 1.82) is 0 Å². The van der Waals surface area contributed by atoms with Gasteiger partial charge in [-0.2, -0.15) is 0 Å². The predicted octanol–water partition coefficient (Wildman–Crippen LogP) is 0.726. The van der Waals surface area contributed by atoms with Crippen LogP contribution in [0.25, 0.3) is 0 Å². The molecule has 2 N–H and O–H groups in total. The Bertz CT molecular complexity index is 174. The van der Waals surface area contributed by atoms with Gasteiger partial charge in [-0.25, -0.2) is 0 Å². The maximum Gasteiger partial charge on any atom is 0.303 e. The molecule has 0 saturated heterocycles. The summed E-state index contributed by atoms with van der Waals surface area (Å²) in [6.45, 7) is 4.12. The van der Waals surface area contributed by atoms with E-state index in [0.717, 1.165) is 0 Å². The van der Waals surface area contributed by atoms with Gasteiger partial charge in [-0.05, 0) is 17.3 Å². The van der Waals surface area contributed by atoms with E-state index >= 15 is 0 Å². The molecule has 0 radical (unpaired) electrons. The first-order valence-electron chi connectivity index (χ1n) is 3.82. The highest BCUT2D eigenvalue weighted by atomic mass is 16.4. The Morgan fingerprint density at radius 1 is 1.45 bits per heavy atom. The third-order valence-electron chi connectivity index (χ3n) is 2.88. The van der Waals surface area contributed by atoms with Crippen LogP contribution in [0.5, 0.6) is 0 Å². The molecule has 64 valence electrons. The summed E-state index contributed by atoms with van der Waals surface area (Å²) in [6, 6.07) is 0. The van der Waals surface area contributed by atoms with Gasteiger partial charge in [0.2, 0.25) is 0 Å². The van der Waals surface area contributed by atoms with Gasteiger partial charge in [0.1, 0.15) is 0 Å². The molecule has 2 atom stereocenters. The Morgan fingerprint density at radius 2 is 2.00 bits per heavy atom. The van der Waals surface area contributed by atoms with Crippen molar-refractivity contribution in [2.75, 3.05) is 6.61 Å². The third-order valence-corrected chi connectivity index (χ3v) is 2.88. The van der Waals surface area contributed by atoms with Crippen molar-refractivity contribution in [3.05, 3.63) is 0 Å². The van der Waals surface area contributed by atoms with Crippen molar-refractivity contribution in [2.45, 2.75) is 20.3 Å². The molecular weight excluding hydrogens is 144 g/mol. The van der Waals surface area contributed by atoms with Crippen LogP contribution in [0, 0.1) is 17.3 Å². The zero-order valence-corrected chi connectivity index (χ0v) is 6.87. The van der Waals surface area contributed by atoms with Crippen LogP contribution in [0.3, 0.4) is 0 Å². The van der Waals surface area contributed by atoms with Crippen molar-refractivity contribution in [2.24, 2.45) is 17.3 Å². The minimum Gasteiger partial charge on any atom is -0.481 e. The van der Waals surface area contributed by atoms with E-state index in [0.29, 0.717) is 0 Å². The van der Waals surface area contributed by atoms with E-state index in [1.165, 1.54) is 0 Å². The summed E-state index contributed by atoms with van der Waals surface area (Å²) in [5, 5.41) is 17.3. The Kier molecular flexibility index (Phi) is 1.92. The molecule has 0 aliphatic heterocycles. The number of carboxylic acids is 1. The number of aliphatic hydroxyl groups is 1. The third kappa shape index (κ3) is 1.38. The highest BCUT2D eigenvalue weighted by Gasteiger charge is 2.57. The summed E-state index contributed by atoms with van der Waals surface area (Å²) >= 11 is 0. The monoisotopic (exact) mass is 158 g/mol. The molecule has 0 spiro atoms. The first-order chi connectivity index (χ1) is 5.00. The topological polar surface area (TPSA) is 57.5 Å². The van der Waals surface area contributed by atoms with Crippen molar-refractivity contribution in [1.82, 2.24) is 0 Å². The summed E-state index contributed by atoms with van der Waals surface area (Å²) in [6.07, 6.45) is 0.193. The molecule has 0 aromatic heterocycles. The Labute approximate surface area is 66.0 Å². The number of carbonyl (C=O) groups is 1. The van der Waals surface area contributed by atoms with E-state index in [1.807, 2.05) is 13.8 Å². The fourth-order valence-corrected chi connectivity index (χ4v) is 1.81. The summed E-state index contributed by atoms with van der Waals surface area (Å²) in [5.41, 5.74) is 0.0349. The smallest absolute Gasteiger partial charge is 0.303 e. The lowest BCUT2D eigenvalue weighted by molar-refractivity contribution is -0.137. The molecular formula is C8H14O3. The number of rotatable bonds is 3. The first-order valence-corrected chi connectivity index (χ1v) is 3.82.